The van der Waals surface area contributed by atoms with Gasteiger partial charge in [0.2, 0.25) is 0 Å². The largest absolute Gasteiger partial charge is 0.422 e. The quantitative estimate of drug-likeness (QED) is 0.436. The standard InChI is InChI=1S/C15H8F8N2S/c16-7-3-1-6(2-4-7)5-24-14(26)25-13-11(19)9(17)8(15(21,22)23)10(18)12(13)20/h1-4H,5H2,(H2,24,25,26). The number of alkyl halides is 3. The lowest BCUT2D eigenvalue weighted by Gasteiger charge is -2.16. The van der Waals surface area contributed by atoms with Crippen LogP contribution in [-0.2, 0) is 12.7 Å². The van der Waals surface area contributed by atoms with Crippen molar-refractivity contribution < 1.29 is 35.1 Å². The van der Waals surface area contributed by atoms with Crippen molar-refractivity contribution >= 4 is 23.0 Å². The van der Waals surface area contributed by atoms with E-state index >= 15 is 0 Å². The highest BCUT2D eigenvalue weighted by atomic mass is 32.1. The van der Waals surface area contributed by atoms with Gasteiger partial charge in [0, 0.05) is 6.54 Å². The zero-order valence-corrected chi connectivity index (χ0v) is 13.3. The summed E-state index contributed by atoms with van der Waals surface area (Å²) in [5, 5.41) is 3.65. The molecule has 11 heteroatoms. The van der Waals surface area contributed by atoms with Crippen LogP contribution in [0.15, 0.2) is 24.3 Å². The molecule has 140 valence electrons. The van der Waals surface area contributed by atoms with E-state index in [4.69, 9.17) is 0 Å². The predicted molar refractivity (Wildman–Crippen MR) is 80.7 cm³/mol. The average molecular weight is 400 g/mol. The second kappa shape index (κ2) is 7.44. The maximum absolute atomic E-state index is 13.7. The van der Waals surface area contributed by atoms with Crippen molar-refractivity contribution in [2.45, 2.75) is 12.7 Å². The Morgan fingerprint density at radius 1 is 0.846 bits per heavy atom. The van der Waals surface area contributed by atoms with E-state index in [1.165, 1.54) is 12.1 Å². The molecule has 26 heavy (non-hydrogen) atoms. The molecule has 0 aliphatic carbocycles. The van der Waals surface area contributed by atoms with Crippen molar-refractivity contribution in [3.05, 3.63) is 64.5 Å². The van der Waals surface area contributed by atoms with Crippen molar-refractivity contribution in [3.8, 4) is 0 Å². The molecule has 0 fully saturated rings. The van der Waals surface area contributed by atoms with Crippen LogP contribution in [0.2, 0.25) is 0 Å². The minimum atomic E-state index is -5.63. The molecule has 0 atom stereocenters. The summed E-state index contributed by atoms with van der Waals surface area (Å²) in [7, 11) is 0. The molecule has 0 aliphatic heterocycles. The van der Waals surface area contributed by atoms with Crippen LogP contribution in [0.25, 0.3) is 0 Å². The smallest absolute Gasteiger partial charge is 0.358 e. The highest BCUT2D eigenvalue weighted by Gasteiger charge is 2.42. The van der Waals surface area contributed by atoms with Crippen molar-refractivity contribution in [1.29, 1.82) is 0 Å². The first-order valence-electron chi connectivity index (χ1n) is 6.74. The fourth-order valence-corrected chi connectivity index (χ4v) is 2.11. The van der Waals surface area contributed by atoms with Gasteiger partial charge in [0.1, 0.15) is 17.1 Å². The second-order valence-electron chi connectivity index (χ2n) is 4.94. The van der Waals surface area contributed by atoms with Gasteiger partial charge in [0.05, 0.1) is 0 Å². The molecule has 0 saturated heterocycles. The highest BCUT2D eigenvalue weighted by Crippen LogP contribution is 2.38. The number of benzene rings is 2. The second-order valence-corrected chi connectivity index (χ2v) is 5.35. The van der Waals surface area contributed by atoms with Crippen LogP contribution in [-0.4, -0.2) is 5.11 Å². The SMILES string of the molecule is Fc1ccc(CNC(=S)Nc2c(F)c(F)c(C(F)(F)F)c(F)c2F)cc1. The summed E-state index contributed by atoms with van der Waals surface area (Å²) in [5.41, 5.74) is -3.69. The van der Waals surface area contributed by atoms with E-state index in [1.807, 2.05) is 0 Å². The number of anilines is 1. The van der Waals surface area contributed by atoms with Gasteiger partial charge in [-0.2, -0.15) is 13.2 Å². The molecule has 0 spiro atoms. The van der Waals surface area contributed by atoms with E-state index in [-0.39, 0.29) is 6.54 Å². The molecule has 0 aliphatic rings. The summed E-state index contributed by atoms with van der Waals surface area (Å²) in [6.45, 7) is -0.0546. The molecule has 2 aromatic rings. The van der Waals surface area contributed by atoms with Crippen LogP contribution >= 0.6 is 12.2 Å². The van der Waals surface area contributed by atoms with Gasteiger partial charge in [-0.05, 0) is 29.9 Å². The Morgan fingerprint density at radius 3 is 1.81 bits per heavy atom. The topological polar surface area (TPSA) is 24.1 Å². The molecule has 0 radical (unpaired) electrons. The number of rotatable bonds is 3. The zero-order chi connectivity index (χ0) is 19.6. The molecule has 0 unspecified atom stereocenters. The number of hydrogen-bond donors (Lipinski definition) is 2. The van der Waals surface area contributed by atoms with Gasteiger partial charge in [-0.15, -0.1) is 0 Å². The molecule has 0 aromatic heterocycles. The van der Waals surface area contributed by atoms with Gasteiger partial charge in [-0.3, -0.25) is 0 Å². The lowest BCUT2D eigenvalue weighted by molar-refractivity contribution is -0.143. The molecule has 2 aromatic carbocycles. The van der Waals surface area contributed by atoms with Crippen molar-refractivity contribution in [2.24, 2.45) is 0 Å². The molecule has 0 amide bonds. The van der Waals surface area contributed by atoms with Gasteiger partial charge in [0.25, 0.3) is 0 Å². The van der Waals surface area contributed by atoms with Gasteiger partial charge >= 0.3 is 6.18 Å². The summed E-state index contributed by atoms with van der Waals surface area (Å²) < 4.78 is 105. The number of halogens is 8. The monoisotopic (exact) mass is 400 g/mol. The molecular formula is C15H8F8N2S. The molecular weight excluding hydrogens is 392 g/mol. The number of thiocarbonyl (C=S) groups is 1. The highest BCUT2D eigenvalue weighted by molar-refractivity contribution is 7.80. The molecule has 0 heterocycles. The average Bonchev–Trinajstić information content (AvgIpc) is 2.55. The maximum atomic E-state index is 13.7. The van der Waals surface area contributed by atoms with Crippen LogP contribution in [0.4, 0.5) is 40.8 Å². The van der Waals surface area contributed by atoms with E-state index in [1.54, 1.807) is 5.32 Å². The van der Waals surface area contributed by atoms with Gasteiger partial charge in [0.15, 0.2) is 28.4 Å². The maximum Gasteiger partial charge on any atom is 0.422 e. The summed E-state index contributed by atoms with van der Waals surface area (Å²) in [6.07, 6.45) is -5.63. The minimum absolute atomic E-state index is 0.0546. The Morgan fingerprint density at radius 2 is 1.35 bits per heavy atom. The third kappa shape index (κ3) is 4.21. The molecule has 2 N–H and O–H groups in total. The lowest BCUT2D eigenvalue weighted by atomic mass is 10.1. The summed E-state index contributed by atoms with van der Waals surface area (Å²) in [4.78, 5) is 0. The summed E-state index contributed by atoms with van der Waals surface area (Å²) in [6, 6.07) is 4.99. The fraction of sp³-hybridized carbons (Fsp3) is 0.133. The van der Waals surface area contributed by atoms with E-state index in [9.17, 15) is 35.1 Å². The Labute approximate surface area is 146 Å². The first kappa shape index (κ1) is 19.9. The first-order valence-corrected chi connectivity index (χ1v) is 7.15. The van der Waals surface area contributed by atoms with Gasteiger partial charge in [-0.25, -0.2) is 22.0 Å². The first-order chi connectivity index (χ1) is 12.0. The van der Waals surface area contributed by atoms with E-state index in [0.717, 1.165) is 12.1 Å². The van der Waals surface area contributed by atoms with Crippen LogP contribution < -0.4 is 10.6 Å². The predicted octanol–water partition coefficient (Wildman–Crippen LogP) is 4.89. The zero-order valence-electron chi connectivity index (χ0n) is 12.4. The van der Waals surface area contributed by atoms with E-state index < -0.39 is 51.6 Å². The third-order valence-electron chi connectivity index (χ3n) is 3.15. The Kier molecular flexibility index (Phi) is 5.69. The van der Waals surface area contributed by atoms with Crippen LogP contribution in [0.5, 0.6) is 0 Å². The van der Waals surface area contributed by atoms with Crippen LogP contribution in [0.3, 0.4) is 0 Å². The summed E-state index contributed by atoms with van der Waals surface area (Å²) in [5.74, 6) is -10.3. The number of hydrogen-bond acceptors (Lipinski definition) is 1. The Bertz CT molecular complexity index is 804. The third-order valence-corrected chi connectivity index (χ3v) is 3.40. The number of nitrogens with one attached hydrogen (secondary N) is 2. The van der Waals surface area contributed by atoms with E-state index in [0.29, 0.717) is 5.56 Å². The van der Waals surface area contributed by atoms with Gasteiger partial charge < -0.3 is 10.6 Å². The molecule has 0 bridgehead atoms. The lowest BCUT2D eigenvalue weighted by Crippen LogP contribution is -2.29. The Hall–Kier alpha value is -2.43. The normalized spacial score (nSPS) is 11.4. The molecule has 0 saturated carbocycles. The molecule has 2 nitrogen and oxygen atoms in total. The molecule has 2 rings (SSSR count). The minimum Gasteiger partial charge on any atom is -0.358 e. The van der Waals surface area contributed by atoms with Crippen LogP contribution in [0, 0.1) is 29.1 Å². The fourth-order valence-electron chi connectivity index (χ4n) is 1.93. The van der Waals surface area contributed by atoms with Crippen molar-refractivity contribution in [2.75, 3.05) is 5.32 Å². The van der Waals surface area contributed by atoms with E-state index in [2.05, 4.69) is 17.5 Å². The summed E-state index contributed by atoms with van der Waals surface area (Å²) >= 11 is 4.68. The van der Waals surface area contributed by atoms with Gasteiger partial charge in [-0.1, -0.05) is 12.1 Å². The van der Waals surface area contributed by atoms with Crippen LogP contribution in [0.1, 0.15) is 11.1 Å². The van der Waals surface area contributed by atoms with Crippen molar-refractivity contribution in [3.63, 3.8) is 0 Å². The Balaban J connectivity index is 2.21. The van der Waals surface area contributed by atoms with Crippen molar-refractivity contribution in [1.82, 2.24) is 5.32 Å².